The number of aromatic nitrogens is 2. The van der Waals surface area contributed by atoms with E-state index < -0.39 is 5.97 Å². The van der Waals surface area contributed by atoms with Gasteiger partial charge < -0.3 is 9.47 Å². The van der Waals surface area contributed by atoms with Crippen molar-refractivity contribution in [1.29, 1.82) is 0 Å². The van der Waals surface area contributed by atoms with Crippen molar-refractivity contribution >= 4 is 32.8 Å². The Labute approximate surface area is 125 Å². The first-order chi connectivity index (χ1) is 9.63. The van der Waals surface area contributed by atoms with E-state index >= 15 is 0 Å². The van der Waals surface area contributed by atoms with Gasteiger partial charge in [0.25, 0.3) is 0 Å². The van der Waals surface area contributed by atoms with Gasteiger partial charge in [0.05, 0.1) is 17.5 Å². The highest BCUT2D eigenvalue weighted by molar-refractivity contribution is 9.10. The van der Waals surface area contributed by atoms with Gasteiger partial charge in [0, 0.05) is 10.9 Å². The molecule has 5 nitrogen and oxygen atoms in total. The van der Waals surface area contributed by atoms with Crippen LogP contribution in [0.3, 0.4) is 0 Å². The molecule has 0 atom stereocenters. The van der Waals surface area contributed by atoms with Crippen LogP contribution in [0, 0.1) is 0 Å². The standard InChI is InChI=1S/C14H15BrN2O3/c1-3-12-16-11-6-5-9(15)7-10(11)14(17-12)20-8-13(18)19-4-2/h5-7H,3-4,8H2,1-2H3. The zero-order valence-electron chi connectivity index (χ0n) is 11.4. The highest BCUT2D eigenvalue weighted by Gasteiger charge is 2.11. The molecule has 106 valence electrons. The molecule has 1 heterocycles. The third kappa shape index (κ3) is 3.45. The number of aryl methyl sites for hydroxylation is 1. The third-order valence-corrected chi connectivity index (χ3v) is 3.11. The average Bonchev–Trinajstić information content (AvgIpc) is 2.45. The van der Waals surface area contributed by atoms with E-state index in [-0.39, 0.29) is 6.61 Å². The quantitative estimate of drug-likeness (QED) is 0.784. The average molecular weight is 339 g/mol. The van der Waals surface area contributed by atoms with Gasteiger partial charge in [-0.2, -0.15) is 4.98 Å². The van der Waals surface area contributed by atoms with Gasteiger partial charge >= 0.3 is 5.97 Å². The highest BCUT2D eigenvalue weighted by Crippen LogP contribution is 2.26. The van der Waals surface area contributed by atoms with Crippen LogP contribution in [0.1, 0.15) is 19.7 Å². The van der Waals surface area contributed by atoms with Crippen LogP contribution in [0.25, 0.3) is 10.9 Å². The maximum Gasteiger partial charge on any atom is 0.344 e. The summed E-state index contributed by atoms with van der Waals surface area (Å²) in [6.45, 7) is 3.90. The molecule has 1 aromatic carbocycles. The first kappa shape index (κ1) is 14.7. The Morgan fingerprint density at radius 3 is 2.80 bits per heavy atom. The zero-order chi connectivity index (χ0) is 14.5. The second kappa shape index (κ2) is 6.65. The molecule has 0 fully saturated rings. The van der Waals surface area contributed by atoms with Crippen LogP contribution in [-0.4, -0.2) is 29.2 Å². The lowest BCUT2D eigenvalue weighted by Gasteiger charge is -2.09. The lowest BCUT2D eigenvalue weighted by atomic mass is 10.2. The van der Waals surface area contributed by atoms with Gasteiger partial charge in [0.15, 0.2) is 6.61 Å². The minimum atomic E-state index is -0.410. The van der Waals surface area contributed by atoms with E-state index in [9.17, 15) is 4.79 Å². The Bertz CT molecular complexity index is 631. The number of esters is 1. The fourth-order valence-electron chi connectivity index (χ4n) is 1.72. The molecule has 2 rings (SSSR count). The van der Waals surface area contributed by atoms with Crippen molar-refractivity contribution in [1.82, 2.24) is 9.97 Å². The number of fused-ring (bicyclic) bond motifs is 1. The Balaban J connectivity index is 2.34. The van der Waals surface area contributed by atoms with Crippen LogP contribution in [0.15, 0.2) is 22.7 Å². The molecule has 0 aliphatic heterocycles. The molecular formula is C14H15BrN2O3. The number of carbonyl (C=O) groups is 1. The summed E-state index contributed by atoms with van der Waals surface area (Å²) in [5.41, 5.74) is 0.791. The molecule has 0 N–H and O–H groups in total. The number of halogens is 1. The van der Waals surface area contributed by atoms with E-state index in [1.165, 1.54) is 0 Å². The smallest absolute Gasteiger partial charge is 0.344 e. The summed E-state index contributed by atoms with van der Waals surface area (Å²) in [6.07, 6.45) is 0.696. The predicted octanol–water partition coefficient (Wildman–Crippen LogP) is 2.90. The first-order valence-corrected chi connectivity index (χ1v) is 7.18. The van der Waals surface area contributed by atoms with E-state index in [1.54, 1.807) is 6.92 Å². The van der Waals surface area contributed by atoms with Gasteiger partial charge in [-0.3, -0.25) is 0 Å². The summed E-state index contributed by atoms with van der Waals surface area (Å²) < 4.78 is 11.2. The van der Waals surface area contributed by atoms with Crippen molar-refractivity contribution in [2.24, 2.45) is 0 Å². The number of nitrogens with zero attached hydrogens (tertiary/aromatic N) is 2. The van der Waals surface area contributed by atoms with Crippen molar-refractivity contribution < 1.29 is 14.3 Å². The molecule has 0 aliphatic carbocycles. The molecule has 6 heteroatoms. The Kier molecular flexibility index (Phi) is 4.89. The van der Waals surface area contributed by atoms with Crippen LogP contribution in [0.5, 0.6) is 5.88 Å². The lowest BCUT2D eigenvalue weighted by Crippen LogP contribution is -2.15. The Morgan fingerprint density at radius 1 is 1.30 bits per heavy atom. The van der Waals surface area contributed by atoms with Crippen molar-refractivity contribution in [2.45, 2.75) is 20.3 Å². The molecule has 0 saturated carbocycles. The summed E-state index contributed by atoms with van der Waals surface area (Å²) in [5, 5.41) is 0.765. The second-order valence-electron chi connectivity index (χ2n) is 4.05. The minimum absolute atomic E-state index is 0.157. The van der Waals surface area contributed by atoms with Crippen LogP contribution in [0.4, 0.5) is 0 Å². The minimum Gasteiger partial charge on any atom is -0.465 e. The van der Waals surface area contributed by atoms with Gasteiger partial charge in [-0.1, -0.05) is 22.9 Å². The molecule has 0 aliphatic rings. The highest BCUT2D eigenvalue weighted by atomic mass is 79.9. The zero-order valence-corrected chi connectivity index (χ0v) is 12.9. The van der Waals surface area contributed by atoms with E-state index in [1.807, 2.05) is 25.1 Å². The summed E-state index contributed by atoms with van der Waals surface area (Å²) in [7, 11) is 0. The largest absolute Gasteiger partial charge is 0.465 e. The number of rotatable bonds is 5. The normalized spacial score (nSPS) is 10.6. The van der Waals surface area contributed by atoms with Crippen LogP contribution >= 0.6 is 15.9 Å². The third-order valence-electron chi connectivity index (χ3n) is 2.62. The molecule has 2 aromatic rings. The van der Waals surface area contributed by atoms with E-state index in [2.05, 4.69) is 25.9 Å². The fourth-order valence-corrected chi connectivity index (χ4v) is 2.08. The van der Waals surface area contributed by atoms with E-state index in [4.69, 9.17) is 9.47 Å². The van der Waals surface area contributed by atoms with Gasteiger partial charge in [0.2, 0.25) is 5.88 Å². The molecule has 1 aromatic heterocycles. The monoisotopic (exact) mass is 338 g/mol. The van der Waals surface area contributed by atoms with E-state index in [0.717, 1.165) is 15.4 Å². The van der Waals surface area contributed by atoms with Crippen molar-refractivity contribution in [3.8, 4) is 5.88 Å². The number of benzene rings is 1. The van der Waals surface area contributed by atoms with Crippen molar-refractivity contribution in [2.75, 3.05) is 13.2 Å². The fraction of sp³-hybridized carbons (Fsp3) is 0.357. The van der Waals surface area contributed by atoms with Gasteiger partial charge in [-0.25, -0.2) is 9.78 Å². The number of carbonyl (C=O) groups excluding carboxylic acids is 1. The van der Waals surface area contributed by atoms with Crippen LogP contribution in [-0.2, 0) is 16.0 Å². The number of hydrogen-bond donors (Lipinski definition) is 0. The molecule has 0 radical (unpaired) electrons. The summed E-state index contributed by atoms with van der Waals surface area (Å²) in [5.74, 6) is 0.673. The molecule has 0 bridgehead atoms. The maximum absolute atomic E-state index is 11.4. The Hall–Kier alpha value is -1.69. The number of hydrogen-bond acceptors (Lipinski definition) is 5. The van der Waals surface area contributed by atoms with Gasteiger partial charge in [-0.05, 0) is 25.1 Å². The summed E-state index contributed by atoms with van der Waals surface area (Å²) >= 11 is 3.40. The molecule has 20 heavy (non-hydrogen) atoms. The Morgan fingerprint density at radius 2 is 2.10 bits per heavy atom. The topological polar surface area (TPSA) is 61.3 Å². The lowest BCUT2D eigenvalue weighted by molar-refractivity contribution is -0.145. The van der Waals surface area contributed by atoms with E-state index in [0.29, 0.717) is 24.7 Å². The summed E-state index contributed by atoms with van der Waals surface area (Å²) in [6, 6.07) is 5.66. The first-order valence-electron chi connectivity index (χ1n) is 6.38. The van der Waals surface area contributed by atoms with Gasteiger partial charge in [-0.15, -0.1) is 0 Å². The van der Waals surface area contributed by atoms with Crippen molar-refractivity contribution in [3.63, 3.8) is 0 Å². The van der Waals surface area contributed by atoms with Crippen LogP contribution in [0.2, 0.25) is 0 Å². The molecule has 0 spiro atoms. The van der Waals surface area contributed by atoms with Crippen molar-refractivity contribution in [3.05, 3.63) is 28.5 Å². The predicted molar refractivity (Wildman–Crippen MR) is 78.7 cm³/mol. The molecule has 0 amide bonds. The maximum atomic E-state index is 11.4. The molecule has 0 saturated heterocycles. The van der Waals surface area contributed by atoms with Gasteiger partial charge in [0.1, 0.15) is 5.82 Å². The molecule has 0 unspecified atom stereocenters. The summed E-state index contributed by atoms with van der Waals surface area (Å²) in [4.78, 5) is 20.1. The van der Waals surface area contributed by atoms with Crippen LogP contribution < -0.4 is 4.74 Å². The second-order valence-corrected chi connectivity index (χ2v) is 4.97. The number of ether oxygens (including phenoxy) is 2. The molecular weight excluding hydrogens is 324 g/mol. The SMILES string of the molecule is CCOC(=O)COc1nc(CC)nc2ccc(Br)cc12.